The molecule has 0 saturated carbocycles. The summed E-state index contributed by atoms with van der Waals surface area (Å²) in [5.41, 5.74) is 0.953. The summed E-state index contributed by atoms with van der Waals surface area (Å²) in [4.78, 5) is 3.18. The van der Waals surface area contributed by atoms with Gasteiger partial charge in [0.2, 0.25) is 0 Å². The number of nitrogens with one attached hydrogen (secondary N) is 2. The number of hydrogen-bond acceptors (Lipinski definition) is 1. The van der Waals surface area contributed by atoms with E-state index in [0.29, 0.717) is 6.04 Å². The average Bonchev–Trinajstić information content (AvgIpc) is 2.44. The summed E-state index contributed by atoms with van der Waals surface area (Å²) in [6.45, 7) is 4.12. The number of anilines is 1. The van der Waals surface area contributed by atoms with Crippen molar-refractivity contribution in [1.29, 1.82) is 0 Å². The Hall–Kier alpha value is -1.51. The summed E-state index contributed by atoms with van der Waals surface area (Å²) in [7, 11) is 0. The maximum atomic E-state index is 12.9. The van der Waals surface area contributed by atoms with Gasteiger partial charge < -0.3 is 10.3 Å². The Morgan fingerprint density at radius 3 is 2.79 bits per heavy atom. The van der Waals surface area contributed by atoms with Gasteiger partial charge in [0, 0.05) is 16.9 Å². The second-order valence-electron chi connectivity index (χ2n) is 3.71. The Labute approximate surface area is 82.1 Å². The van der Waals surface area contributed by atoms with Crippen LogP contribution in [0.4, 0.5) is 10.2 Å². The zero-order valence-electron chi connectivity index (χ0n) is 8.26. The molecule has 0 aliphatic carbocycles. The first-order valence-corrected chi connectivity index (χ1v) is 4.70. The van der Waals surface area contributed by atoms with E-state index in [0.717, 1.165) is 16.7 Å². The van der Waals surface area contributed by atoms with Crippen molar-refractivity contribution < 1.29 is 4.39 Å². The Bertz CT molecular complexity index is 445. The van der Waals surface area contributed by atoms with Gasteiger partial charge in [-0.2, -0.15) is 0 Å². The van der Waals surface area contributed by atoms with E-state index in [1.54, 1.807) is 6.07 Å². The number of rotatable bonds is 2. The van der Waals surface area contributed by atoms with Gasteiger partial charge in [-0.05, 0) is 38.1 Å². The lowest BCUT2D eigenvalue weighted by Gasteiger charge is -2.05. The van der Waals surface area contributed by atoms with Crippen molar-refractivity contribution in [2.45, 2.75) is 19.9 Å². The summed E-state index contributed by atoms with van der Waals surface area (Å²) in [5, 5.41) is 4.13. The fraction of sp³-hybridized carbons (Fsp3) is 0.273. The minimum Gasteiger partial charge on any atom is -0.369 e. The third kappa shape index (κ3) is 1.71. The number of fused-ring (bicyclic) bond motifs is 1. The fourth-order valence-corrected chi connectivity index (χ4v) is 1.49. The van der Waals surface area contributed by atoms with Crippen molar-refractivity contribution >= 4 is 16.7 Å². The summed E-state index contributed by atoms with van der Waals surface area (Å²) < 4.78 is 12.9. The highest BCUT2D eigenvalue weighted by Crippen LogP contribution is 2.19. The van der Waals surface area contributed by atoms with Gasteiger partial charge in [-0.15, -0.1) is 0 Å². The summed E-state index contributed by atoms with van der Waals surface area (Å²) in [6.07, 6.45) is 0. The van der Waals surface area contributed by atoms with Crippen LogP contribution in [-0.2, 0) is 0 Å². The van der Waals surface area contributed by atoms with Crippen LogP contribution in [-0.4, -0.2) is 11.0 Å². The number of H-pyrrole nitrogens is 1. The highest BCUT2D eigenvalue weighted by atomic mass is 19.1. The van der Waals surface area contributed by atoms with E-state index in [-0.39, 0.29) is 5.82 Å². The van der Waals surface area contributed by atoms with Gasteiger partial charge in [-0.1, -0.05) is 0 Å². The van der Waals surface area contributed by atoms with Crippen LogP contribution in [0.5, 0.6) is 0 Å². The maximum absolute atomic E-state index is 12.9. The molecule has 0 saturated heterocycles. The minimum absolute atomic E-state index is 0.201. The van der Waals surface area contributed by atoms with Crippen LogP contribution in [0.2, 0.25) is 0 Å². The molecule has 0 amide bonds. The SMILES string of the molecule is CC(C)Nc1cc2cc(F)ccc2[nH]1. The molecule has 2 N–H and O–H groups in total. The third-order valence-electron chi connectivity index (χ3n) is 2.03. The van der Waals surface area contributed by atoms with Crippen LogP contribution < -0.4 is 5.32 Å². The van der Waals surface area contributed by atoms with Crippen molar-refractivity contribution in [2.24, 2.45) is 0 Å². The second kappa shape index (κ2) is 3.33. The van der Waals surface area contributed by atoms with Crippen molar-refractivity contribution in [3.05, 3.63) is 30.1 Å². The molecular weight excluding hydrogens is 179 g/mol. The first-order valence-electron chi connectivity index (χ1n) is 4.70. The van der Waals surface area contributed by atoms with Crippen molar-refractivity contribution in [3.8, 4) is 0 Å². The lowest BCUT2D eigenvalue weighted by atomic mass is 10.2. The van der Waals surface area contributed by atoms with E-state index in [9.17, 15) is 4.39 Å². The average molecular weight is 192 g/mol. The lowest BCUT2D eigenvalue weighted by Crippen LogP contribution is -2.09. The van der Waals surface area contributed by atoms with E-state index in [4.69, 9.17) is 0 Å². The Morgan fingerprint density at radius 1 is 1.29 bits per heavy atom. The van der Waals surface area contributed by atoms with E-state index in [2.05, 4.69) is 24.1 Å². The molecule has 3 heteroatoms. The quantitative estimate of drug-likeness (QED) is 0.751. The molecule has 0 aliphatic rings. The molecule has 1 heterocycles. The highest BCUT2D eigenvalue weighted by molar-refractivity contribution is 5.83. The number of aromatic nitrogens is 1. The van der Waals surface area contributed by atoms with Crippen molar-refractivity contribution in [3.63, 3.8) is 0 Å². The van der Waals surface area contributed by atoms with Gasteiger partial charge >= 0.3 is 0 Å². The maximum Gasteiger partial charge on any atom is 0.123 e. The first-order chi connectivity index (χ1) is 6.65. The number of benzene rings is 1. The third-order valence-corrected chi connectivity index (χ3v) is 2.03. The summed E-state index contributed by atoms with van der Waals surface area (Å²) >= 11 is 0. The molecule has 0 fully saturated rings. The Balaban J connectivity index is 2.41. The second-order valence-corrected chi connectivity index (χ2v) is 3.71. The highest BCUT2D eigenvalue weighted by Gasteiger charge is 2.02. The molecule has 0 unspecified atom stereocenters. The van der Waals surface area contributed by atoms with Crippen molar-refractivity contribution in [1.82, 2.24) is 4.98 Å². The zero-order chi connectivity index (χ0) is 10.1. The molecule has 14 heavy (non-hydrogen) atoms. The molecule has 2 nitrogen and oxygen atoms in total. The molecule has 0 atom stereocenters. The van der Waals surface area contributed by atoms with E-state index >= 15 is 0 Å². The van der Waals surface area contributed by atoms with Crippen LogP contribution in [0, 0.1) is 5.82 Å². The molecule has 2 aromatic rings. The van der Waals surface area contributed by atoms with Gasteiger partial charge in [-0.3, -0.25) is 0 Å². The smallest absolute Gasteiger partial charge is 0.123 e. The molecule has 0 aliphatic heterocycles. The molecular formula is C11H13FN2. The summed E-state index contributed by atoms with van der Waals surface area (Å²) in [6, 6.07) is 7.01. The van der Waals surface area contributed by atoms with E-state index in [1.165, 1.54) is 12.1 Å². The van der Waals surface area contributed by atoms with Gasteiger partial charge in [0.1, 0.15) is 11.6 Å². The first kappa shape index (κ1) is 9.06. The fourth-order valence-electron chi connectivity index (χ4n) is 1.49. The predicted molar refractivity (Wildman–Crippen MR) is 57.0 cm³/mol. The molecule has 74 valence electrons. The van der Waals surface area contributed by atoms with Crippen LogP contribution in [0.15, 0.2) is 24.3 Å². The van der Waals surface area contributed by atoms with Gasteiger partial charge in [0.15, 0.2) is 0 Å². The van der Waals surface area contributed by atoms with E-state index in [1.807, 2.05) is 6.07 Å². The Morgan fingerprint density at radius 2 is 2.07 bits per heavy atom. The molecule has 1 aromatic heterocycles. The van der Waals surface area contributed by atoms with Gasteiger partial charge in [0.05, 0.1) is 0 Å². The van der Waals surface area contributed by atoms with Crippen LogP contribution in [0.3, 0.4) is 0 Å². The molecule has 0 spiro atoms. The van der Waals surface area contributed by atoms with Crippen LogP contribution >= 0.6 is 0 Å². The Kier molecular flexibility index (Phi) is 2.15. The molecule has 1 aromatic carbocycles. The predicted octanol–water partition coefficient (Wildman–Crippen LogP) is 3.13. The number of halogens is 1. The van der Waals surface area contributed by atoms with E-state index < -0.39 is 0 Å². The van der Waals surface area contributed by atoms with Crippen LogP contribution in [0.1, 0.15) is 13.8 Å². The topological polar surface area (TPSA) is 27.8 Å². The minimum atomic E-state index is -0.201. The molecule has 0 bridgehead atoms. The largest absolute Gasteiger partial charge is 0.369 e. The normalized spacial score (nSPS) is 11.1. The van der Waals surface area contributed by atoms with Crippen molar-refractivity contribution in [2.75, 3.05) is 5.32 Å². The summed E-state index contributed by atoms with van der Waals surface area (Å²) in [5.74, 6) is 0.730. The monoisotopic (exact) mass is 192 g/mol. The molecule has 0 radical (unpaired) electrons. The van der Waals surface area contributed by atoms with Crippen LogP contribution in [0.25, 0.3) is 10.9 Å². The lowest BCUT2D eigenvalue weighted by molar-refractivity contribution is 0.630. The molecule has 2 rings (SSSR count). The number of aromatic amines is 1. The van der Waals surface area contributed by atoms with Gasteiger partial charge in [-0.25, -0.2) is 4.39 Å². The van der Waals surface area contributed by atoms with Gasteiger partial charge in [0.25, 0.3) is 0 Å². The zero-order valence-corrected chi connectivity index (χ0v) is 8.26. The standard InChI is InChI=1S/C11H13FN2/c1-7(2)13-11-6-8-5-9(12)3-4-10(8)14-11/h3-7,13-14H,1-2H3. The number of hydrogen-bond donors (Lipinski definition) is 2.